The van der Waals surface area contributed by atoms with Crippen molar-refractivity contribution in [2.75, 3.05) is 0 Å². The Morgan fingerprint density at radius 2 is 2.04 bits per heavy atom. The Kier molecular flexibility index (Phi) is 4.81. The SMILES string of the molecule is CCCc1noc([C@@H](C)Sc2ncc(-c3ccccc3)n2C)n1. The first-order valence-electron chi connectivity index (χ1n) is 7.75. The molecule has 2 heterocycles. The third-order valence-electron chi connectivity index (χ3n) is 3.60. The lowest BCUT2D eigenvalue weighted by molar-refractivity contribution is 0.374. The maximum Gasteiger partial charge on any atom is 0.239 e. The fraction of sp³-hybridized carbons (Fsp3) is 0.353. The summed E-state index contributed by atoms with van der Waals surface area (Å²) in [7, 11) is 2.03. The van der Waals surface area contributed by atoms with Crippen LogP contribution in [0, 0.1) is 0 Å². The van der Waals surface area contributed by atoms with Gasteiger partial charge >= 0.3 is 0 Å². The average molecular weight is 328 g/mol. The third kappa shape index (κ3) is 3.47. The van der Waals surface area contributed by atoms with E-state index >= 15 is 0 Å². The fourth-order valence-electron chi connectivity index (χ4n) is 2.35. The molecule has 1 aromatic carbocycles. The van der Waals surface area contributed by atoms with Crippen molar-refractivity contribution in [1.29, 1.82) is 0 Å². The topological polar surface area (TPSA) is 56.7 Å². The lowest BCUT2D eigenvalue weighted by Gasteiger charge is -2.08. The van der Waals surface area contributed by atoms with Crippen LogP contribution in [-0.4, -0.2) is 19.7 Å². The molecule has 0 N–H and O–H groups in total. The molecule has 0 unspecified atom stereocenters. The van der Waals surface area contributed by atoms with Crippen LogP contribution in [0.2, 0.25) is 0 Å². The molecule has 0 saturated carbocycles. The Balaban J connectivity index is 1.76. The van der Waals surface area contributed by atoms with E-state index in [2.05, 4.69) is 45.7 Å². The van der Waals surface area contributed by atoms with Gasteiger partial charge in [0.1, 0.15) is 0 Å². The van der Waals surface area contributed by atoms with E-state index in [9.17, 15) is 0 Å². The normalized spacial score (nSPS) is 12.5. The molecule has 5 nitrogen and oxygen atoms in total. The molecule has 0 saturated heterocycles. The van der Waals surface area contributed by atoms with E-state index in [-0.39, 0.29) is 5.25 Å². The summed E-state index contributed by atoms with van der Waals surface area (Å²) in [6, 6.07) is 10.3. The smallest absolute Gasteiger partial charge is 0.239 e. The molecule has 0 fully saturated rings. The zero-order valence-corrected chi connectivity index (χ0v) is 14.4. The number of hydrogen-bond acceptors (Lipinski definition) is 5. The van der Waals surface area contributed by atoms with Gasteiger partial charge in [-0.3, -0.25) is 0 Å². The number of imidazole rings is 1. The Morgan fingerprint density at radius 1 is 1.26 bits per heavy atom. The molecule has 0 aliphatic carbocycles. The van der Waals surface area contributed by atoms with Crippen LogP contribution in [0.4, 0.5) is 0 Å². The molecule has 0 aliphatic heterocycles. The molecule has 2 aromatic heterocycles. The van der Waals surface area contributed by atoms with Gasteiger partial charge in [0.05, 0.1) is 17.1 Å². The molecule has 0 radical (unpaired) electrons. The highest BCUT2D eigenvalue weighted by atomic mass is 32.2. The van der Waals surface area contributed by atoms with E-state index in [4.69, 9.17) is 4.52 Å². The highest BCUT2D eigenvalue weighted by Crippen LogP contribution is 2.34. The Hall–Kier alpha value is -2.08. The molecular formula is C17H20N4OS. The standard InChI is InChI=1S/C17H20N4OS/c1-4-8-15-19-16(22-20-15)12(2)23-17-18-11-14(21(17)3)13-9-6-5-7-10-13/h5-7,9-12H,4,8H2,1-3H3/t12-/m1/s1. The van der Waals surface area contributed by atoms with Gasteiger partial charge in [-0.1, -0.05) is 54.2 Å². The predicted octanol–water partition coefficient (Wildman–Crippen LogP) is 4.28. The fourth-order valence-corrected chi connectivity index (χ4v) is 3.23. The van der Waals surface area contributed by atoms with Gasteiger partial charge in [-0.25, -0.2) is 4.98 Å². The first-order valence-corrected chi connectivity index (χ1v) is 8.63. The van der Waals surface area contributed by atoms with Crippen molar-refractivity contribution in [3.05, 3.63) is 48.2 Å². The van der Waals surface area contributed by atoms with Gasteiger partial charge < -0.3 is 9.09 Å². The predicted molar refractivity (Wildman–Crippen MR) is 91.2 cm³/mol. The van der Waals surface area contributed by atoms with Gasteiger partial charge in [0, 0.05) is 13.5 Å². The average Bonchev–Trinajstić information content (AvgIpc) is 3.17. The third-order valence-corrected chi connectivity index (χ3v) is 4.75. The molecule has 0 amide bonds. The van der Waals surface area contributed by atoms with Crippen LogP contribution in [-0.2, 0) is 13.5 Å². The largest absolute Gasteiger partial charge is 0.338 e. The Bertz CT molecular complexity index is 766. The van der Waals surface area contributed by atoms with Crippen molar-refractivity contribution in [2.45, 2.75) is 37.1 Å². The second-order valence-electron chi connectivity index (χ2n) is 5.41. The lowest BCUT2D eigenvalue weighted by atomic mass is 10.2. The van der Waals surface area contributed by atoms with Crippen LogP contribution in [0.5, 0.6) is 0 Å². The summed E-state index contributed by atoms with van der Waals surface area (Å²) in [5.74, 6) is 1.43. The molecular weight excluding hydrogens is 308 g/mol. The van der Waals surface area contributed by atoms with Crippen LogP contribution in [0.1, 0.15) is 37.2 Å². The summed E-state index contributed by atoms with van der Waals surface area (Å²) < 4.78 is 7.46. The lowest BCUT2D eigenvalue weighted by Crippen LogP contribution is -1.97. The van der Waals surface area contributed by atoms with Gasteiger partial charge in [-0.15, -0.1) is 0 Å². The first kappa shape index (κ1) is 15.8. The number of aryl methyl sites for hydroxylation is 1. The number of thioether (sulfide) groups is 1. The van der Waals surface area contributed by atoms with E-state index in [0.29, 0.717) is 5.89 Å². The van der Waals surface area contributed by atoms with Gasteiger partial charge in [0.25, 0.3) is 0 Å². The molecule has 3 aromatic rings. The highest BCUT2D eigenvalue weighted by Gasteiger charge is 2.18. The van der Waals surface area contributed by atoms with E-state index < -0.39 is 0 Å². The van der Waals surface area contributed by atoms with E-state index in [1.807, 2.05) is 31.4 Å². The van der Waals surface area contributed by atoms with Gasteiger partial charge in [0.2, 0.25) is 5.89 Å². The summed E-state index contributed by atoms with van der Waals surface area (Å²) >= 11 is 1.63. The Morgan fingerprint density at radius 3 is 2.78 bits per heavy atom. The summed E-state index contributed by atoms with van der Waals surface area (Å²) in [6.45, 7) is 4.16. The summed E-state index contributed by atoms with van der Waals surface area (Å²) in [6.07, 6.45) is 3.77. The summed E-state index contributed by atoms with van der Waals surface area (Å²) in [5, 5.41) is 5.02. The zero-order chi connectivity index (χ0) is 16.2. The second-order valence-corrected chi connectivity index (χ2v) is 6.72. The number of benzene rings is 1. The van der Waals surface area contributed by atoms with Crippen molar-refractivity contribution >= 4 is 11.8 Å². The molecule has 6 heteroatoms. The van der Waals surface area contributed by atoms with Gasteiger partial charge in [-0.05, 0) is 18.9 Å². The molecule has 0 bridgehead atoms. The zero-order valence-electron chi connectivity index (χ0n) is 13.6. The van der Waals surface area contributed by atoms with Crippen LogP contribution in [0.3, 0.4) is 0 Å². The van der Waals surface area contributed by atoms with Crippen molar-refractivity contribution in [3.8, 4) is 11.3 Å². The van der Waals surface area contributed by atoms with E-state index in [1.54, 1.807) is 11.8 Å². The summed E-state index contributed by atoms with van der Waals surface area (Å²) in [4.78, 5) is 8.99. The molecule has 3 rings (SSSR count). The van der Waals surface area contributed by atoms with Crippen molar-refractivity contribution in [1.82, 2.24) is 19.7 Å². The minimum absolute atomic E-state index is 0.0674. The number of rotatable bonds is 6. The maximum absolute atomic E-state index is 5.36. The molecule has 120 valence electrons. The number of nitrogens with zero attached hydrogens (tertiary/aromatic N) is 4. The van der Waals surface area contributed by atoms with Gasteiger partial charge in [-0.2, -0.15) is 4.98 Å². The molecule has 23 heavy (non-hydrogen) atoms. The molecule has 0 spiro atoms. The maximum atomic E-state index is 5.36. The quantitative estimate of drug-likeness (QED) is 0.632. The first-order chi connectivity index (χ1) is 11.2. The number of hydrogen-bond donors (Lipinski definition) is 0. The van der Waals surface area contributed by atoms with Crippen LogP contribution in [0.25, 0.3) is 11.3 Å². The second kappa shape index (κ2) is 7.00. The van der Waals surface area contributed by atoms with Gasteiger partial charge in [0.15, 0.2) is 11.0 Å². The van der Waals surface area contributed by atoms with Crippen LogP contribution < -0.4 is 0 Å². The van der Waals surface area contributed by atoms with Crippen LogP contribution >= 0.6 is 11.8 Å². The monoisotopic (exact) mass is 328 g/mol. The van der Waals surface area contributed by atoms with E-state index in [1.165, 1.54) is 0 Å². The minimum atomic E-state index is 0.0674. The Labute approximate surface area is 140 Å². The number of aromatic nitrogens is 4. The molecule has 0 aliphatic rings. The highest BCUT2D eigenvalue weighted by molar-refractivity contribution is 7.99. The van der Waals surface area contributed by atoms with Crippen LogP contribution in [0.15, 0.2) is 46.2 Å². The van der Waals surface area contributed by atoms with E-state index in [0.717, 1.165) is 35.1 Å². The summed E-state index contributed by atoms with van der Waals surface area (Å²) in [5.41, 5.74) is 2.25. The van der Waals surface area contributed by atoms with Crippen molar-refractivity contribution in [3.63, 3.8) is 0 Å². The van der Waals surface area contributed by atoms with Crippen molar-refractivity contribution < 1.29 is 4.52 Å². The molecule has 1 atom stereocenters. The minimum Gasteiger partial charge on any atom is -0.338 e. The van der Waals surface area contributed by atoms with Crippen molar-refractivity contribution in [2.24, 2.45) is 7.05 Å².